The highest BCUT2D eigenvalue weighted by Gasteiger charge is 2.30. The van der Waals surface area contributed by atoms with Crippen molar-refractivity contribution in [2.45, 2.75) is 12.8 Å². The first-order valence-corrected chi connectivity index (χ1v) is 11.3. The molecule has 0 aliphatic heterocycles. The number of rotatable bonds is 11. The Hall–Kier alpha value is -4.31. The lowest BCUT2D eigenvalue weighted by molar-refractivity contribution is -0.274. The maximum Gasteiger partial charge on any atom is 0.573 e. The van der Waals surface area contributed by atoms with Crippen LogP contribution >= 0.6 is 0 Å². The third-order valence-corrected chi connectivity index (χ3v) is 4.93. The summed E-state index contributed by atoms with van der Waals surface area (Å²) < 4.78 is 46.7. The second-order valence-corrected chi connectivity index (χ2v) is 7.72. The predicted octanol–water partition coefficient (Wildman–Crippen LogP) is 4.09. The van der Waals surface area contributed by atoms with Crippen molar-refractivity contribution in [2.24, 2.45) is 0 Å². The zero-order valence-electron chi connectivity index (χ0n) is 19.6. The number of aliphatic hydroxyl groups is 1. The van der Waals surface area contributed by atoms with Crippen LogP contribution in [0.5, 0.6) is 11.5 Å². The molecule has 0 bridgehead atoms. The van der Waals surface area contributed by atoms with E-state index in [1.807, 2.05) is 30.3 Å². The highest BCUT2D eigenvalue weighted by atomic mass is 19.4. The molecule has 3 aromatic carbocycles. The van der Waals surface area contributed by atoms with Gasteiger partial charge in [0.1, 0.15) is 17.2 Å². The molecule has 37 heavy (non-hydrogen) atoms. The number of benzene rings is 3. The van der Waals surface area contributed by atoms with Gasteiger partial charge < -0.3 is 25.2 Å². The van der Waals surface area contributed by atoms with E-state index in [4.69, 9.17) is 9.84 Å². The fourth-order valence-corrected chi connectivity index (χ4v) is 3.18. The fourth-order valence-electron chi connectivity index (χ4n) is 3.18. The SMILES string of the molecule is O=C(NCCO)/C(=C\c1ccc(OC(F)(F)F)cc1)NC(=O)c1ccc(OCCc2ccccc2)cc1. The number of aliphatic hydroxyl groups excluding tert-OH is 1. The summed E-state index contributed by atoms with van der Waals surface area (Å²) in [4.78, 5) is 25.3. The van der Waals surface area contributed by atoms with Gasteiger partial charge in [0.2, 0.25) is 0 Å². The summed E-state index contributed by atoms with van der Waals surface area (Å²) in [5, 5.41) is 13.9. The Morgan fingerprint density at radius 1 is 0.892 bits per heavy atom. The number of carbonyl (C=O) groups excluding carboxylic acids is 2. The first-order valence-electron chi connectivity index (χ1n) is 11.3. The number of halogens is 3. The van der Waals surface area contributed by atoms with E-state index in [-0.39, 0.29) is 24.4 Å². The maximum absolute atomic E-state index is 12.8. The largest absolute Gasteiger partial charge is 0.573 e. The van der Waals surface area contributed by atoms with E-state index in [0.29, 0.717) is 17.9 Å². The number of hydrogen-bond donors (Lipinski definition) is 3. The Labute approximate surface area is 211 Å². The molecule has 0 heterocycles. The molecule has 0 atom stereocenters. The van der Waals surface area contributed by atoms with Crippen molar-refractivity contribution < 1.29 is 37.3 Å². The van der Waals surface area contributed by atoms with Gasteiger partial charge in [-0.2, -0.15) is 0 Å². The zero-order chi connectivity index (χ0) is 26.7. The van der Waals surface area contributed by atoms with Crippen molar-refractivity contribution in [1.29, 1.82) is 0 Å². The van der Waals surface area contributed by atoms with Gasteiger partial charge in [0, 0.05) is 18.5 Å². The van der Waals surface area contributed by atoms with Crippen LogP contribution in [0.25, 0.3) is 6.08 Å². The van der Waals surface area contributed by atoms with Gasteiger partial charge in [-0.15, -0.1) is 13.2 Å². The molecule has 3 N–H and O–H groups in total. The molecule has 10 heteroatoms. The maximum atomic E-state index is 12.8. The Balaban J connectivity index is 1.66. The number of carbonyl (C=O) groups is 2. The molecule has 7 nitrogen and oxygen atoms in total. The molecule has 0 aliphatic carbocycles. The molecule has 0 fully saturated rings. The van der Waals surface area contributed by atoms with Gasteiger partial charge in [-0.05, 0) is 53.6 Å². The number of ether oxygens (including phenoxy) is 2. The molecule has 2 amide bonds. The van der Waals surface area contributed by atoms with Gasteiger partial charge in [0.05, 0.1) is 13.2 Å². The minimum absolute atomic E-state index is 0.0561. The molecule has 0 radical (unpaired) electrons. The van der Waals surface area contributed by atoms with Crippen LogP contribution in [0.15, 0.2) is 84.6 Å². The lowest BCUT2D eigenvalue weighted by Gasteiger charge is -2.12. The highest BCUT2D eigenvalue weighted by Crippen LogP contribution is 2.23. The van der Waals surface area contributed by atoms with Gasteiger partial charge in [-0.3, -0.25) is 9.59 Å². The summed E-state index contributed by atoms with van der Waals surface area (Å²) in [6.45, 7) is 0.0852. The van der Waals surface area contributed by atoms with Crippen LogP contribution in [0.3, 0.4) is 0 Å². The summed E-state index contributed by atoms with van der Waals surface area (Å²) in [6, 6.07) is 21.0. The van der Waals surface area contributed by atoms with E-state index >= 15 is 0 Å². The molecular weight excluding hydrogens is 489 g/mol. The summed E-state index contributed by atoms with van der Waals surface area (Å²) in [5.41, 5.74) is 1.57. The van der Waals surface area contributed by atoms with E-state index in [9.17, 15) is 22.8 Å². The van der Waals surface area contributed by atoms with Gasteiger partial charge in [0.15, 0.2) is 0 Å². The average Bonchev–Trinajstić information content (AvgIpc) is 2.88. The molecule has 3 rings (SSSR count). The molecule has 3 aromatic rings. The van der Waals surface area contributed by atoms with Crippen LogP contribution < -0.4 is 20.1 Å². The summed E-state index contributed by atoms with van der Waals surface area (Å²) >= 11 is 0. The number of hydrogen-bond acceptors (Lipinski definition) is 5. The highest BCUT2D eigenvalue weighted by molar-refractivity contribution is 6.05. The van der Waals surface area contributed by atoms with Crippen molar-refractivity contribution in [2.75, 3.05) is 19.8 Å². The van der Waals surface area contributed by atoms with Gasteiger partial charge >= 0.3 is 6.36 Å². The molecule has 194 valence electrons. The first-order chi connectivity index (χ1) is 17.7. The molecule has 0 aromatic heterocycles. The van der Waals surface area contributed by atoms with E-state index in [2.05, 4.69) is 15.4 Å². The van der Waals surface area contributed by atoms with Crippen molar-refractivity contribution in [3.63, 3.8) is 0 Å². The van der Waals surface area contributed by atoms with Crippen LogP contribution in [-0.2, 0) is 11.2 Å². The van der Waals surface area contributed by atoms with Crippen LogP contribution in [0.4, 0.5) is 13.2 Å². The number of nitrogens with one attached hydrogen (secondary N) is 2. The first kappa shape index (κ1) is 27.3. The zero-order valence-corrected chi connectivity index (χ0v) is 19.6. The minimum Gasteiger partial charge on any atom is -0.493 e. The molecular formula is C27H25F3N2O5. The molecule has 0 saturated carbocycles. The summed E-state index contributed by atoms with van der Waals surface area (Å²) in [6.07, 6.45) is -2.81. The lowest BCUT2D eigenvalue weighted by atomic mass is 10.1. The molecule has 0 unspecified atom stereocenters. The number of amides is 2. The van der Waals surface area contributed by atoms with E-state index in [1.165, 1.54) is 18.2 Å². The minimum atomic E-state index is -4.83. The molecule has 0 aliphatic rings. The quantitative estimate of drug-likeness (QED) is 0.335. The second kappa shape index (κ2) is 13.1. The lowest BCUT2D eigenvalue weighted by Crippen LogP contribution is -2.36. The van der Waals surface area contributed by atoms with Gasteiger partial charge in [0.25, 0.3) is 11.8 Å². The van der Waals surface area contributed by atoms with Crippen molar-refractivity contribution >= 4 is 17.9 Å². The van der Waals surface area contributed by atoms with E-state index < -0.39 is 23.9 Å². The van der Waals surface area contributed by atoms with Crippen LogP contribution in [-0.4, -0.2) is 43.0 Å². The van der Waals surface area contributed by atoms with Gasteiger partial charge in [-0.25, -0.2) is 0 Å². The third kappa shape index (κ3) is 9.34. The average molecular weight is 515 g/mol. The molecule has 0 saturated heterocycles. The second-order valence-electron chi connectivity index (χ2n) is 7.72. The monoisotopic (exact) mass is 514 g/mol. The van der Waals surface area contributed by atoms with Crippen molar-refractivity contribution in [3.8, 4) is 11.5 Å². The van der Waals surface area contributed by atoms with Crippen LogP contribution in [0.2, 0.25) is 0 Å². The number of alkyl halides is 3. The van der Waals surface area contributed by atoms with Crippen LogP contribution in [0.1, 0.15) is 21.5 Å². The Morgan fingerprint density at radius 3 is 2.16 bits per heavy atom. The van der Waals surface area contributed by atoms with E-state index in [0.717, 1.165) is 24.1 Å². The topological polar surface area (TPSA) is 96.9 Å². The van der Waals surface area contributed by atoms with E-state index in [1.54, 1.807) is 24.3 Å². The standard InChI is InChI=1S/C27H25F3N2O5/c28-27(29,30)37-23-10-6-20(7-11-23)18-24(26(35)31-15-16-33)32-25(34)21-8-12-22(13-9-21)36-17-14-19-4-2-1-3-5-19/h1-13,18,33H,14-17H2,(H,31,35)(H,32,34)/b24-18+. The third-order valence-electron chi connectivity index (χ3n) is 4.93. The Bertz CT molecular complexity index is 1200. The Morgan fingerprint density at radius 2 is 1.54 bits per heavy atom. The summed E-state index contributed by atoms with van der Waals surface area (Å²) in [5.74, 6) is -1.12. The van der Waals surface area contributed by atoms with Crippen molar-refractivity contribution in [1.82, 2.24) is 10.6 Å². The normalized spacial score (nSPS) is 11.5. The van der Waals surface area contributed by atoms with Crippen molar-refractivity contribution in [3.05, 3.63) is 101 Å². The van der Waals surface area contributed by atoms with Crippen LogP contribution in [0, 0.1) is 0 Å². The smallest absolute Gasteiger partial charge is 0.493 e. The predicted molar refractivity (Wildman–Crippen MR) is 131 cm³/mol. The molecule has 0 spiro atoms. The fraction of sp³-hybridized carbons (Fsp3) is 0.185. The Kier molecular flexibility index (Phi) is 9.68. The van der Waals surface area contributed by atoms with Gasteiger partial charge in [-0.1, -0.05) is 42.5 Å². The summed E-state index contributed by atoms with van der Waals surface area (Å²) in [7, 11) is 0.